The monoisotopic (exact) mass is 386 g/mol. The minimum atomic E-state index is -3.49. The number of amides is 1. The second-order valence-corrected chi connectivity index (χ2v) is 7.68. The zero-order valence-electron chi connectivity index (χ0n) is 13.8. The molecule has 1 aromatic carbocycles. The summed E-state index contributed by atoms with van der Waals surface area (Å²) in [4.78, 5) is 16.4. The highest BCUT2D eigenvalue weighted by Gasteiger charge is 2.29. The summed E-state index contributed by atoms with van der Waals surface area (Å²) >= 11 is 0. The molecule has 0 radical (unpaired) electrons. The molecule has 1 amide bonds. The molecule has 2 heterocycles. The molecular weight excluding hydrogens is 364 g/mol. The van der Waals surface area contributed by atoms with E-state index >= 15 is 0 Å². The van der Waals surface area contributed by atoms with Gasteiger partial charge in [0.05, 0.1) is 4.90 Å². The average Bonchev–Trinajstić information content (AvgIpc) is 3.17. The van der Waals surface area contributed by atoms with Crippen LogP contribution in [0, 0.1) is 0 Å². The van der Waals surface area contributed by atoms with Gasteiger partial charge in [-0.3, -0.25) is 14.5 Å². The van der Waals surface area contributed by atoms with E-state index in [-0.39, 0.29) is 23.2 Å². The van der Waals surface area contributed by atoms with Gasteiger partial charge in [0.15, 0.2) is 0 Å². The second kappa shape index (κ2) is 8.64. The molecule has 25 heavy (non-hydrogen) atoms. The van der Waals surface area contributed by atoms with Gasteiger partial charge in [-0.25, -0.2) is 8.42 Å². The van der Waals surface area contributed by atoms with Crippen LogP contribution in [0.2, 0.25) is 0 Å². The van der Waals surface area contributed by atoms with Crippen molar-refractivity contribution in [1.82, 2.24) is 15.4 Å². The second-order valence-electron chi connectivity index (χ2n) is 6.03. The minimum Gasteiger partial charge on any atom is -0.355 e. The Bertz CT molecular complexity index is 746. The molecule has 1 atom stereocenters. The quantitative estimate of drug-likeness (QED) is 0.629. The Morgan fingerprint density at radius 1 is 1.32 bits per heavy atom. The molecule has 3 N–H and O–H groups in total. The molecule has 138 valence electrons. The summed E-state index contributed by atoms with van der Waals surface area (Å²) in [5, 5.41) is 6.25. The number of rotatable bonds is 6. The molecule has 0 aliphatic carbocycles. The zero-order valence-corrected chi connectivity index (χ0v) is 15.5. The van der Waals surface area contributed by atoms with E-state index < -0.39 is 10.0 Å². The summed E-state index contributed by atoms with van der Waals surface area (Å²) in [6, 6.07) is 7.14. The summed E-state index contributed by atoms with van der Waals surface area (Å²) in [6.45, 7) is 2.09. The van der Waals surface area contributed by atoms with Crippen molar-refractivity contribution in [2.75, 3.05) is 19.6 Å². The Hall–Kier alpha value is -1.64. The van der Waals surface area contributed by atoms with Crippen LogP contribution in [0.15, 0.2) is 34.2 Å². The van der Waals surface area contributed by atoms with Crippen LogP contribution in [0.4, 0.5) is 0 Å². The first-order valence-electron chi connectivity index (χ1n) is 8.23. The number of sulfonamides is 1. The highest BCUT2D eigenvalue weighted by atomic mass is 35.5. The van der Waals surface area contributed by atoms with Crippen LogP contribution in [0.5, 0.6) is 0 Å². The number of hydrogen-bond donors (Lipinski definition) is 3. The summed E-state index contributed by atoms with van der Waals surface area (Å²) in [5.41, 5.74) is 0.592. The summed E-state index contributed by atoms with van der Waals surface area (Å²) in [7, 11) is -3.49. The first-order chi connectivity index (χ1) is 11.6. The molecule has 0 aromatic heterocycles. The molecule has 1 unspecified atom stereocenters. The Morgan fingerprint density at radius 2 is 2.12 bits per heavy atom. The maximum absolute atomic E-state index is 12.0. The van der Waals surface area contributed by atoms with E-state index in [1.807, 2.05) is 0 Å². The first kappa shape index (κ1) is 19.7. The van der Waals surface area contributed by atoms with E-state index in [1.54, 1.807) is 24.3 Å². The van der Waals surface area contributed by atoms with Gasteiger partial charge in [0, 0.05) is 31.1 Å². The van der Waals surface area contributed by atoms with Gasteiger partial charge in [0.1, 0.15) is 5.84 Å². The Balaban J connectivity index is 0.00000225. The van der Waals surface area contributed by atoms with Gasteiger partial charge in [-0.15, -0.1) is 12.4 Å². The van der Waals surface area contributed by atoms with Gasteiger partial charge in [-0.2, -0.15) is 0 Å². The standard InChI is InChI=1S/C16H22N4O3S.ClH/c21-15(19-11-12-5-3-9-17-12)8-4-10-18-16-13-6-1-2-7-14(13)24(22,23)20-16;/h1-2,6-7,12,17H,3-5,8-11H2,(H,18,20)(H,19,21);1H. The normalized spacial score (nSPS) is 22.1. The van der Waals surface area contributed by atoms with E-state index in [2.05, 4.69) is 20.3 Å². The number of hydrogen-bond acceptors (Lipinski definition) is 5. The number of nitrogens with one attached hydrogen (secondary N) is 3. The number of aliphatic imine (C=N–C) groups is 1. The van der Waals surface area contributed by atoms with E-state index in [4.69, 9.17) is 0 Å². The van der Waals surface area contributed by atoms with Crippen molar-refractivity contribution in [3.05, 3.63) is 29.8 Å². The smallest absolute Gasteiger partial charge is 0.263 e. The van der Waals surface area contributed by atoms with E-state index in [1.165, 1.54) is 0 Å². The van der Waals surface area contributed by atoms with Gasteiger partial charge in [0.2, 0.25) is 5.91 Å². The fourth-order valence-electron chi connectivity index (χ4n) is 2.94. The maximum atomic E-state index is 12.0. The third-order valence-electron chi connectivity index (χ3n) is 4.20. The van der Waals surface area contributed by atoms with Crippen molar-refractivity contribution in [2.24, 2.45) is 4.99 Å². The molecule has 0 bridgehead atoms. The molecule has 0 spiro atoms. The van der Waals surface area contributed by atoms with Crippen molar-refractivity contribution in [2.45, 2.75) is 36.6 Å². The minimum absolute atomic E-state index is 0. The molecule has 9 heteroatoms. The fraction of sp³-hybridized carbons (Fsp3) is 0.500. The molecule has 1 fully saturated rings. The number of carbonyl (C=O) groups is 1. The number of nitrogens with zero attached hydrogens (tertiary/aromatic N) is 1. The lowest BCUT2D eigenvalue weighted by molar-refractivity contribution is -0.121. The van der Waals surface area contributed by atoms with Crippen LogP contribution in [0.25, 0.3) is 0 Å². The predicted octanol–water partition coefficient (Wildman–Crippen LogP) is 0.795. The lowest BCUT2D eigenvalue weighted by Gasteiger charge is -2.11. The van der Waals surface area contributed by atoms with Crippen LogP contribution in [-0.4, -0.2) is 45.8 Å². The third-order valence-corrected chi connectivity index (χ3v) is 5.60. The molecule has 3 rings (SSSR count). The van der Waals surface area contributed by atoms with Crippen LogP contribution in [-0.2, 0) is 14.8 Å². The number of carbonyl (C=O) groups excluding carboxylic acids is 1. The Morgan fingerprint density at radius 3 is 2.88 bits per heavy atom. The van der Waals surface area contributed by atoms with Crippen LogP contribution < -0.4 is 15.4 Å². The van der Waals surface area contributed by atoms with Crippen LogP contribution in [0.1, 0.15) is 31.2 Å². The van der Waals surface area contributed by atoms with Crippen molar-refractivity contribution < 1.29 is 13.2 Å². The molecule has 1 saturated heterocycles. The molecule has 2 aliphatic rings. The summed E-state index contributed by atoms with van der Waals surface area (Å²) in [5.74, 6) is 0.373. The zero-order chi connectivity index (χ0) is 17.0. The Labute approximate surface area is 154 Å². The van der Waals surface area contributed by atoms with Gasteiger partial charge < -0.3 is 10.6 Å². The van der Waals surface area contributed by atoms with Crippen LogP contribution in [0.3, 0.4) is 0 Å². The van der Waals surface area contributed by atoms with Crippen molar-refractivity contribution in [3.63, 3.8) is 0 Å². The number of fused-ring (bicyclic) bond motifs is 1. The van der Waals surface area contributed by atoms with Crippen molar-refractivity contribution >= 4 is 34.2 Å². The SMILES string of the molecule is Cl.O=C(CCCN=C1NS(=O)(=O)c2ccccc21)NCC1CCCN1. The summed E-state index contributed by atoms with van der Waals surface area (Å²) in [6.07, 6.45) is 3.23. The Kier molecular flexibility index (Phi) is 6.80. The van der Waals surface area contributed by atoms with Crippen LogP contribution >= 0.6 is 12.4 Å². The third kappa shape index (κ3) is 4.93. The van der Waals surface area contributed by atoms with Crippen molar-refractivity contribution in [1.29, 1.82) is 0 Å². The number of amidine groups is 1. The molecule has 0 saturated carbocycles. The lowest BCUT2D eigenvalue weighted by atomic mass is 10.2. The highest BCUT2D eigenvalue weighted by molar-refractivity contribution is 7.90. The fourth-order valence-corrected chi connectivity index (χ4v) is 4.19. The predicted molar refractivity (Wildman–Crippen MR) is 98.7 cm³/mol. The van der Waals surface area contributed by atoms with Gasteiger partial charge >= 0.3 is 0 Å². The summed E-state index contributed by atoms with van der Waals surface area (Å²) < 4.78 is 26.4. The molecule has 2 aliphatic heterocycles. The largest absolute Gasteiger partial charge is 0.355 e. The van der Waals surface area contributed by atoms with E-state index in [0.29, 0.717) is 43.4 Å². The highest BCUT2D eigenvalue weighted by Crippen LogP contribution is 2.22. The first-order valence-corrected chi connectivity index (χ1v) is 9.71. The average molecular weight is 387 g/mol. The molecular formula is C16H23ClN4O3S. The van der Waals surface area contributed by atoms with E-state index in [9.17, 15) is 13.2 Å². The molecule has 7 nitrogen and oxygen atoms in total. The van der Waals surface area contributed by atoms with Gasteiger partial charge in [-0.1, -0.05) is 12.1 Å². The maximum Gasteiger partial charge on any atom is 0.263 e. The van der Waals surface area contributed by atoms with E-state index in [0.717, 1.165) is 19.4 Å². The number of halogens is 1. The lowest BCUT2D eigenvalue weighted by Crippen LogP contribution is -2.37. The van der Waals surface area contributed by atoms with Gasteiger partial charge in [0.25, 0.3) is 10.0 Å². The molecule has 1 aromatic rings. The number of benzene rings is 1. The van der Waals surface area contributed by atoms with Crippen molar-refractivity contribution in [3.8, 4) is 0 Å². The van der Waals surface area contributed by atoms with Gasteiger partial charge in [-0.05, 0) is 37.9 Å². The topological polar surface area (TPSA) is 99.7 Å².